The minimum absolute atomic E-state index is 0.102. The molecule has 0 radical (unpaired) electrons. The van der Waals surface area contributed by atoms with Crippen molar-refractivity contribution in [1.29, 1.82) is 0 Å². The summed E-state index contributed by atoms with van der Waals surface area (Å²) >= 11 is 0. The summed E-state index contributed by atoms with van der Waals surface area (Å²) in [5.41, 5.74) is 0. The molecule has 0 unspecified atom stereocenters. The van der Waals surface area contributed by atoms with E-state index in [9.17, 15) is 28.8 Å². The van der Waals surface area contributed by atoms with Crippen molar-refractivity contribution >= 4 is 35.8 Å². The third-order valence-electron chi connectivity index (χ3n) is 3.12. The molecule has 0 fully saturated rings. The fourth-order valence-electron chi connectivity index (χ4n) is 1.44. The molecule has 0 aromatic carbocycles. The Balaban J connectivity index is -0.000000440. The van der Waals surface area contributed by atoms with E-state index < -0.39 is 35.8 Å². The Morgan fingerprint density at radius 1 is 0.471 bits per heavy atom. The minimum atomic E-state index is -1.55. The number of carboxylic acids is 1. The molecule has 0 aliphatic carbocycles. The summed E-state index contributed by atoms with van der Waals surface area (Å²) in [6.45, 7) is 10.4. The lowest BCUT2D eigenvalue weighted by molar-refractivity contribution is -0.167. The molecule has 0 heterocycles. The van der Waals surface area contributed by atoms with E-state index >= 15 is 0 Å². The van der Waals surface area contributed by atoms with Crippen molar-refractivity contribution in [2.24, 2.45) is 0 Å². The van der Waals surface area contributed by atoms with Crippen LogP contribution in [0.4, 0.5) is 0 Å². The summed E-state index contributed by atoms with van der Waals surface area (Å²) in [5.74, 6) is -6.31. The maximum Gasteiger partial charge on any atom is 0.417 e. The Hall–Kier alpha value is -3.18. The molecule has 0 aromatic rings. The van der Waals surface area contributed by atoms with E-state index in [1.54, 1.807) is 6.92 Å². The SMILES string of the molecule is CCCCOC(=O)C(=O)OCCCC.CCCOC(=O)C(=O)OCCC.CCOC(=O)C(=O)O. The summed E-state index contributed by atoms with van der Waals surface area (Å²) in [4.78, 5) is 62.8. The molecule has 0 rings (SSSR count). The van der Waals surface area contributed by atoms with Crippen molar-refractivity contribution in [2.75, 3.05) is 33.0 Å². The van der Waals surface area contributed by atoms with Gasteiger partial charge in [0.2, 0.25) is 0 Å². The Morgan fingerprint density at radius 2 is 0.794 bits per heavy atom. The van der Waals surface area contributed by atoms with Gasteiger partial charge in [0.15, 0.2) is 0 Å². The minimum Gasteiger partial charge on any atom is -0.473 e. The van der Waals surface area contributed by atoms with Gasteiger partial charge in [-0.25, -0.2) is 28.8 Å². The van der Waals surface area contributed by atoms with Crippen molar-refractivity contribution in [3.63, 3.8) is 0 Å². The largest absolute Gasteiger partial charge is 0.473 e. The van der Waals surface area contributed by atoms with Crippen LogP contribution >= 0.6 is 0 Å². The topological polar surface area (TPSA) is 169 Å². The van der Waals surface area contributed by atoms with Gasteiger partial charge in [0.05, 0.1) is 33.0 Å². The van der Waals surface area contributed by atoms with E-state index in [-0.39, 0.29) is 33.0 Å². The molecule has 1 N–H and O–H groups in total. The van der Waals surface area contributed by atoms with Crippen LogP contribution in [0.1, 0.15) is 73.1 Å². The second kappa shape index (κ2) is 26.1. The van der Waals surface area contributed by atoms with Crippen LogP contribution in [0.25, 0.3) is 0 Å². The van der Waals surface area contributed by atoms with Crippen molar-refractivity contribution in [1.82, 2.24) is 0 Å². The predicted octanol–water partition coefficient (Wildman–Crippen LogP) is 2.20. The Bertz CT molecular complexity index is 563. The zero-order valence-electron chi connectivity index (χ0n) is 20.7. The molecule has 12 heteroatoms. The van der Waals surface area contributed by atoms with Crippen LogP contribution in [-0.2, 0) is 52.5 Å². The summed E-state index contributed by atoms with van der Waals surface area (Å²) in [7, 11) is 0. The maximum absolute atomic E-state index is 10.9. The quantitative estimate of drug-likeness (QED) is 0.193. The molecule has 34 heavy (non-hydrogen) atoms. The number of hydrogen-bond acceptors (Lipinski definition) is 11. The van der Waals surface area contributed by atoms with Crippen LogP contribution in [0.2, 0.25) is 0 Å². The molecule has 0 saturated heterocycles. The first-order valence-corrected chi connectivity index (χ1v) is 11.2. The first-order chi connectivity index (χ1) is 16.1. The molecule has 0 atom stereocenters. The predicted molar refractivity (Wildman–Crippen MR) is 119 cm³/mol. The fourth-order valence-corrected chi connectivity index (χ4v) is 1.44. The maximum atomic E-state index is 10.9. The van der Waals surface area contributed by atoms with Crippen LogP contribution in [-0.4, -0.2) is 74.0 Å². The van der Waals surface area contributed by atoms with E-state index in [1.807, 2.05) is 27.7 Å². The first-order valence-electron chi connectivity index (χ1n) is 11.2. The van der Waals surface area contributed by atoms with Crippen LogP contribution in [0.3, 0.4) is 0 Å². The second-order valence-electron chi connectivity index (χ2n) is 6.28. The van der Waals surface area contributed by atoms with E-state index in [4.69, 9.17) is 5.11 Å². The van der Waals surface area contributed by atoms with E-state index in [1.165, 1.54) is 0 Å². The van der Waals surface area contributed by atoms with Crippen molar-refractivity contribution in [2.45, 2.75) is 73.1 Å². The monoisotopic (exact) mass is 494 g/mol. The number of unbranched alkanes of at least 4 members (excludes halogenated alkanes) is 2. The zero-order chi connectivity index (χ0) is 26.8. The highest BCUT2D eigenvalue weighted by molar-refractivity contribution is 6.30. The smallest absolute Gasteiger partial charge is 0.417 e. The highest BCUT2D eigenvalue weighted by Crippen LogP contribution is 1.93. The number of aliphatic carboxylic acids is 1. The summed E-state index contributed by atoms with van der Waals surface area (Å²) in [6.07, 6.45) is 4.80. The molecule has 0 saturated carbocycles. The Labute approximate surface area is 200 Å². The van der Waals surface area contributed by atoms with Gasteiger partial charge in [0.1, 0.15) is 0 Å². The molecule has 12 nitrogen and oxygen atoms in total. The number of carbonyl (C=O) groups excluding carboxylic acids is 5. The molecule has 198 valence electrons. The molecular weight excluding hydrogens is 456 g/mol. The zero-order valence-corrected chi connectivity index (χ0v) is 20.7. The van der Waals surface area contributed by atoms with Gasteiger partial charge in [0, 0.05) is 0 Å². The summed E-state index contributed by atoms with van der Waals surface area (Å²) in [5, 5.41) is 7.84. The molecule has 0 aliphatic heterocycles. The van der Waals surface area contributed by atoms with Gasteiger partial charge in [-0.05, 0) is 32.6 Å². The van der Waals surface area contributed by atoms with Gasteiger partial charge in [-0.15, -0.1) is 0 Å². The lowest BCUT2D eigenvalue weighted by Gasteiger charge is -2.03. The van der Waals surface area contributed by atoms with Gasteiger partial charge in [-0.3, -0.25) is 0 Å². The standard InChI is InChI=1S/C10H18O4.C8H14O4.C4H6O4/c1-3-5-7-13-9(11)10(12)14-8-6-4-2;1-3-5-11-7(9)8(10)12-6-4-2;1-2-8-4(7)3(5)6/h3-8H2,1-2H3;3-6H2,1-2H3;2H2,1H3,(H,5,6). The van der Waals surface area contributed by atoms with Gasteiger partial charge in [-0.2, -0.15) is 0 Å². The third kappa shape index (κ3) is 25.1. The van der Waals surface area contributed by atoms with Crippen LogP contribution in [0, 0.1) is 0 Å². The summed E-state index contributed by atoms with van der Waals surface area (Å²) in [6, 6.07) is 0. The first kappa shape index (κ1) is 35.4. The lowest BCUT2D eigenvalue weighted by Crippen LogP contribution is -2.21. The number of carboxylic acid groups (broad SMARTS) is 1. The third-order valence-corrected chi connectivity index (χ3v) is 3.12. The van der Waals surface area contributed by atoms with Gasteiger partial charge in [-0.1, -0.05) is 40.5 Å². The van der Waals surface area contributed by atoms with Gasteiger partial charge < -0.3 is 28.8 Å². The van der Waals surface area contributed by atoms with Crippen LogP contribution in [0.5, 0.6) is 0 Å². The number of esters is 5. The molecule has 0 spiro atoms. The number of carbonyl (C=O) groups is 6. The van der Waals surface area contributed by atoms with E-state index in [2.05, 4.69) is 23.7 Å². The number of rotatable bonds is 11. The normalized spacial score (nSPS) is 9.09. The van der Waals surface area contributed by atoms with Crippen molar-refractivity contribution < 1.29 is 57.6 Å². The average Bonchev–Trinajstić information content (AvgIpc) is 2.81. The van der Waals surface area contributed by atoms with E-state index in [0.717, 1.165) is 25.7 Å². The molecular formula is C22H38O12. The van der Waals surface area contributed by atoms with Crippen LogP contribution in [0.15, 0.2) is 0 Å². The average molecular weight is 495 g/mol. The molecule has 0 bridgehead atoms. The Morgan fingerprint density at radius 3 is 1.00 bits per heavy atom. The van der Waals surface area contributed by atoms with Crippen LogP contribution < -0.4 is 0 Å². The van der Waals surface area contributed by atoms with Gasteiger partial charge >= 0.3 is 35.8 Å². The summed E-state index contributed by atoms with van der Waals surface area (Å²) < 4.78 is 22.5. The molecule has 0 amide bonds. The highest BCUT2D eigenvalue weighted by atomic mass is 16.6. The highest BCUT2D eigenvalue weighted by Gasteiger charge is 2.16. The number of ether oxygens (including phenoxy) is 5. The Kier molecular flexibility index (Phi) is 27.2. The van der Waals surface area contributed by atoms with E-state index in [0.29, 0.717) is 12.8 Å². The molecule has 0 aliphatic rings. The second-order valence-corrected chi connectivity index (χ2v) is 6.28. The van der Waals surface area contributed by atoms with Crippen molar-refractivity contribution in [3.05, 3.63) is 0 Å². The van der Waals surface area contributed by atoms with Crippen molar-refractivity contribution in [3.8, 4) is 0 Å². The lowest BCUT2D eigenvalue weighted by atomic mass is 10.4. The number of hydrogen-bond donors (Lipinski definition) is 1. The fraction of sp³-hybridized carbons (Fsp3) is 0.727. The molecule has 0 aromatic heterocycles. The van der Waals surface area contributed by atoms with Gasteiger partial charge in [0.25, 0.3) is 0 Å².